The zero-order valence-electron chi connectivity index (χ0n) is 16.3. The van der Waals surface area contributed by atoms with Crippen molar-refractivity contribution in [1.29, 1.82) is 0 Å². The number of hydrogen-bond donors (Lipinski definition) is 2. The smallest absolute Gasteiger partial charge is 0.248 e. The Kier molecular flexibility index (Phi) is 4.27. The van der Waals surface area contributed by atoms with E-state index in [1.807, 2.05) is 30.0 Å². The van der Waals surface area contributed by atoms with Gasteiger partial charge in [-0.15, -0.1) is 0 Å². The summed E-state index contributed by atoms with van der Waals surface area (Å²) in [5.74, 6) is 2.02. The van der Waals surface area contributed by atoms with Crippen LogP contribution in [0, 0.1) is 6.92 Å². The summed E-state index contributed by atoms with van der Waals surface area (Å²) in [6, 6.07) is 6.08. The van der Waals surface area contributed by atoms with Gasteiger partial charge in [0, 0.05) is 38.2 Å². The summed E-state index contributed by atoms with van der Waals surface area (Å²) < 4.78 is 5.00. The number of methoxy groups -OCH3 is 1. The number of aromatic nitrogens is 5. The van der Waals surface area contributed by atoms with Gasteiger partial charge in [0.1, 0.15) is 12.4 Å². The van der Waals surface area contributed by atoms with Gasteiger partial charge in [0.15, 0.2) is 11.5 Å². The molecule has 3 aromatic rings. The first kappa shape index (κ1) is 17.8. The number of amides is 1. The number of anilines is 3. The molecule has 0 saturated carbocycles. The number of fused-ring (bicyclic) bond motifs is 3. The van der Waals surface area contributed by atoms with Crippen LogP contribution in [-0.2, 0) is 9.53 Å². The van der Waals surface area contributed by atoms with Gasteiger partial charge in [0.2, 0.25) is 11.9 Å². The first-order chi connectivity index (χ1) is 14.1. The number of aryl methyl sites for hydroxylation is 1. The summed E-state index contributed by atoms with van der Waals surface area (Å²) in [5.41, 5.74) is 1.59. The number of hydrogen-bond acceptors (Lipinski definition) is 8. The Hall–Kier alpha value is -3.27. The monoisotopic (exact) mass is 394 g/mol. The normalized spacial score (nSPS) is 20.6. The zero-order chi connectivity index (χ0) is 20.0. The number of nitrogens with zero attached hydrogens (tertiary/aromatic N) is 6. The van der Waals surface area contributed by atoms with E-state index < -0.39 is 0 Å². The predicted octanol–water partition coefficient (Wildman–Crippen LogP) is 1.24. The maximum absolute atomic E-state index is 12.2. The molecule has 5 rings (SSSR count). The summed E-state index contributed by atoms with van der Waals surface area (Å²) in [5, 5.41) is 11.3. The highest BCUT2D eigenvalue weighted by Crippen LogP contribution is 2.35. The van der Waals surface area contributed by atoms with Gasteiger partial charge in [-0.05, 0) is 25.5 Å². The van der Waals surface area contributed by atoms with Crippen LogP contribution in [-0.4, -0.2) is 74.8 Å². The Labute approximate surface area is 167 Å². The van der Waals surface area contributed by atoms with Gasteiger partial charge in [-0.3, -0.25) is 9.89 Å². The van der Waals surface area contributed by atoms with Crippen molar-refractivity contribution >= 4 is 34.5 Å². The average Bonchev–Trinajstić information content (AvgIpc) is 3.44. The Balaban J connectivity index is 1.45. The molecule has 2 aliphatic heterocycles. The minimum Gasteiger partial charge on any atom is -0.375 e. The lowest BCUT2D eigenvalue weighted by Crippen LogP contribution is -2.50. The standard InChI is InChI=1S/C19H22N8O2/c1-11-6-15(25-24-11)21-18-14-4-3-5-20-17(14)22-19(23-18)27-9-12-7-13(27)8-26(12)16(28)10-29-2/h3-6,12-13H,7-10H2,1-2H3,(H2,20,21,22,23,24,25)/t12-,13+/m1/s1. The Morgan fingerprint density at radius 3 is 2.97 bits per heavy atom. The lowest BCUT2D eigenvalue weighted by Gasteiger charge is -2.34. The minimum atomic E-state index is 0.0389. The van der Waals surface area contributed by atoms with Gasteiger partial charge < -0.3 is 19.9 Å². The van der Waals surface area contributed by atoms with Crippen molar-refractivity contribution < 1.29 is 9.53 Å². The molecule has 2 atom stereocenters. The molecule has 150 valence electrons. The number of nitrogens with one attached hydrogen (secondary N) is 2. The average molecular weight is 394 g/mol. The molecule has 0 unspecified atom stereocenters. The second-order valence-corrected chi connectivity index (χ2v) is 7.48. The number of carbonyl (C=O) groups excluding carboxylic acids is 1. The molecule has 3 aromatic heterocycles. The molecule has 0 radical (unpaired) electrons. The molecule has 1 amide bonds. The SMILES string of the molecule is COCC(=O)N1C[C@@H]2C[C@@H]1CN2c1nc(Nc2cc(C)[nH]n2)c2cccnc2n1. The van der Waals surface area contributed by atoms with Crippen molar-refractivity contribution in [1.82, 2.24) is 30.0 Å². The molecular formula is C19H22N8O2. The van der Waals surface area contributed by atoms with E-state index in [2.05, 4.69) is 25.4 Å². The van der Waals surface area contributed by atoms with Crippen LogP contribution in [0.5, 0.6) is 0 Å². The number of ether oxygens (including phenoxy) is 1. The third-order valence-corrected chi connectivity index (χ3v) is 5.50. The molecule has 2 saturated heterocycles. The van der Waals surface area contributed by atoms with Gasteiger partial charge in [-0.1, -0.05) is 0 Å². The number of likely N-dealkylation sites (tertiary alicyclic amines) is 1. The molecule has 0 aromatic carbocycles. The van der Waals surface area contributed by atoms with E-state index in [1.165, 1.54) is 0 Å². The Morgan fingerprint density at radius 2 is 2.24 bits per heavy atom. The summed E-state index contributed by atoms with van der Waals surface area (Å²) in [7, 11) is 1.55. The van der Waals surface area contributed by atoms with Crippen molar-refractivity contribution in [3.63, 3.8) is 0 Å². The number of H-pyrrole nitrogens is 1. The van der Waals surface area contributed by atoms with E-state index in [1.54, 1.807) is 13.3 Å². The Morgan fingerprint density at radius 1 is 1.34 bits per heavy atom. The van der Waals surface area contributed by atoms with Gasteiger partial charge in [0.05, 0.1) is 17.5 Å². The largest absolute Gasteiger partial charge is 0.375 e. The molecule has 2 aliphatic rings. The zero-order valence-corrected chi connectivity index (χ0v) is 16.3. The van der Waals surface area contributed by atoms with E-state index >= 15 is 0 Å². The quantitative estimate of drug-likeness (QED) is 0.665. The molecule has 0 spiro atoms. The van der Waals surface area contributed by atoms with Crippen molar-refractivity contribution in [2.24, 2.45) is 0 Å². The van der Waals surface area contributed by atoms with Gasteiger partial charge >= 0.3 is 0 Å². The third kappa shape index (κ3) is 3.15. The first-order valence-electron chi connectivity index (χ1n) is 9.59. The van der Waals surface area contributed by atoms with E-state index in [9.17, 15) is 4.79 Å². The summed E-state index contributed by atoms with van der Waals surface area (Å²) in [4.78, 5) is 30.2. The molecule has 10 nitrogen and oxygen atoms in total. The maximum atomic E-state index is 12.2. The second kappa shape index (κ2) is 6.96. The van der Waals surface area contributed by atoms with Crippen LogP contribution in [0.15, 0.2) is 24.4 Å². The Bertz CT molecular complexity index is 1070. The highest BCUT2D eigenvalue weighted by molar-refractivity contribution is 5.89. The summed E-state index contributed by atoms with van der Waals surface area (Å²) in [6.07, 6.45) is 2.64. The van der Waals surface area contributed by atoms with Gasteiger partial charge in [-0.2, -0.15) is 15.1 Å². The second-order valence-electron chi connectivity index (χ2n) is 7.48. The predicted molar refractivity (Wildman–Crippen MR) is 107 cm³/mol. The van der Waals surface area contributed by atoms with Crippen LogP contribution in [0.3, 0.4) is 0 Å². The highest BCUT2D eigenvalue weighted by Gasteiger charge is 2.46. The molecule has 10 heteroatoms. The van der Waals surface area contributed by atoms with E-state index in [4.69, 9.17) is 14.7 Å². The molecule has 29 heavy (non-hydrogen) atoms. The highest BCUT2D eigenvalue weighted by atomic mass is 16.5. The van der Waals surface area contributed by atoms with E-state index in [0.29, 0.717) is 36.3 Å². The molecule has 2 bridgehead atoms. The van der Waals surface area contributed by atoms with Gasteiger partial charge in [0.25, 0.3) is 0 Å². The molecular weight excluding hydrogens is 372 g/mol. The van der Waals surface area contributed by atoms with Gasteiger partial charge in [-0.25, -0.2) is 4.98 Å². The fourth-order valence-corrected chi connectivity index (χ4v) is 4.20. The van der Waals surface area contributed by atoms with Crippen LogP contribution in [0.1, 0.15) is 12.1 Å². The molecule has 5 heterocycles. The fraction of sp³-hybridized carbons (Fsp3) is 0.421. The van der Waals surface area contributed by atoms with Crippen LogP contribution >= 0.6 is 0 Å². The van der Waals surface area contributed by atoms with Crippen LogP contribution in [0.25, 0.3) is 11.0 Å². The number of pyridine rings is 1. The lowest BCUT2D eigenvalue weighted by molar-refractivity contribution is -0.136. The van der Waals surface area contributed by atoms with Crippen molar-refractivity contribution in [3.05, 3.63) is 30.1 Å². The number of carbonyl (C=O) groups is 1. The van der Waals surface area contributed by atoms with Crippen LogP contribution in [0.4, 0.5) is 17.6 Å². The molecule has 2 N–H and O–H groups in total. The first-order valence-corrected chi connectivity index (χ1v) is 9.59. The molecule has 2 fully saturated rings. The minimum absolute atomic E-state index is 0.0389. The van der Waals surface area contributed by atoms with Crippen molar-refractivity contribution in [3.8, 4) is 0 Å². The summed E-state index contributed by atoms with van der Waals surface area (Å²) in [6.45, 7) is 3.44. The van der Waals surface area contributed by atoms with Crippen LogP contribution < -0.4 is 10.2 Å². The van der Waals surface area contributed by atoms with Crippen molar-refractivity contribution in [2.45, 2.75) is 25.4 Å². The maximum Gasteiger partial charge on any atom is 0.248 e. The number of aromatic amines is 1. The number of rotatable bonds is 5. The van der Waals surface area contributed by atoms with E-state index in [-0.39, 0.29) is 24.6 Å². The van der Waals surface area contributed by atoms with Crippen LogP contribution in [0.2, 0.25) is 0 Å². The van der Waals surface area contributed by atoms with E-state index in [0.717, 1.165) is 17.5 Å². The van der Waals surface area contributed by atoms with Crippen molar-refractivity contribution in [2.75, 3.05) is 37.0 Å². The molecule has 0 aliphatic carbocycles. The number of piperazine rings is 1. The lowest BCUT2D eigenvalue weighted by atomic mass is 10.2. The fourth-order valence-electron chi connectivity index (χ4n) is 4.20. The topological polar surface area (TPSA) is 112 Å². The third-order valence-electron chi connectivity index (χ3n) is 5.50. The summed E-state index contributed by atoms with van der Waals surface area (Å²) >= 11 is 0.